The molecule has 1 heterocycles. The molecule has 0 fully saturated rings. The summed E-state index contributed by atoms with van der Waals surface area (Å²) < 4.78 is 5.22. The largest absolute Gasteiger partial charge is 0.496 e. The lowest BCUT2D eigenvalue weighted by Crippen LogP contribution is -2.04. The van der Waals surface area contributed by atoms with Gasteiger partial charge >= 0.3 is 0 Å². The van der Waals surface area contributed by atoms with Crippen LogP contribution in [0.15, 0.2) is 18.2 Å². The third kappa shape index (κ3) is 2.85. The Labute approximate surface area is 115 Å². The number of nitrogens with zero attached hydrogens (tertiary/aromatic N) is 1. The number of anilines is 2. The SMILES string of the molecule is COc1ccc(-c2nc(NC(C)=O)sc2N)cc1C. The minimum atomic E-state index is -0.161. The van der Waals surface area contributed by atoms with Crippen LogP contribution in [-0.2, 0) is 4.79 Å². The van der Waals surface area contributed by atoms with E-state index in [-0.39, 0.29) is 5.91 Å². The lowest BCUT2D eigenvalue weighted by atomic mass is 10.1. The Balaban J connectivity index is 2.38. The van der Waals surface area contributed by atoms with E-state index in [1.807, 2.05) is 25.1 Å². The highest BCUT2D eigenvalue weighted by molar-refractivity contribution is 7.20. The van der Waals surface area contributed by atoms with Crippen LogP contribution in [-0.4, -0.2) is 18.0 Å². The van der Waals surface area contributed by atoms with E-state index < -0.39 is 0 Å². The predicted molar refractivity (Wildman–Crippen MR) is 77.6 cm³/mol. The maximum absolute atomic E-state index is 11.0. The Hall–Kier alpha value is -2.08. The van der Waals surface area contributed by atoms with Crippen molar-refractivity contribution in [2.75, 3.05) is 18.2 Å². The summed E-state index contributed by atoms with van der Waals surface area (Å²) >= 11 is 1.26. The number of thiazole rings is 1. The summed E-state index contributed by atoms with van der Waals surface area (Å²) in [4.78, 5) is 15.3. The van der Waals surface area contributed by atoms with E-state index in [4.69, 9.17) is 10.5 Å². The second kappa shape index (κ2) is 5.27. The Morgan fingerprint density at radius 2 is 2.21 bits per heavy atom. The molecule has 2 aromatic rings. The van der Waals surface area contributed by atoms with Gasteiger partial charge in [-0.25, -0.2) is 4.98 Å². The van der Waals surface area contributed by atoms with Crippen LogP contribution >= 0.6 is 11.3 Å². The first-order chi connectivity index (χ1) is 9.01. The molecule has 2 rings (SSSR count). The number of carbonyl (C=O) groups is 1. The van der Waals surface area contributed by atoms with Crippen molar-refractivity contribution in [2.24, 2.45) is 0 Å². The van der Waals surface area contributed by atoms with Gasteiger partial charge in [-0.2, -0.15) is 0 Å². The van der Waals surface area contributed by atoms with Crippen molar-refractivity contribution in [3.8, 4) is 17.0 Å². The molecule has 100 valence electrons. The lowest BCUT2D eigenvalue weighted by molar-refractivity contribution is -0.114. The summed E-state index contributed by atoms with van der Waals surface area (Å²) in [5, 5.41) is 3.72. The number of amides is 1. The van der Waals surface area contributed by atoms with Crippen molar-refractivity contribution < 1.29 is 9.53 Å². The zero-order valence-electron chi connectivity index (χ0n) is 11.0. The average Bonchev–Trinajstić information content (AvgIpc) is 2.69. The van der Waals surface area contributed by atoms with Crippen LogP contribution in [0, 0.1) is 6.92 Å². The number of aryl methyl sites for hydroxylation is 1. The third-order valence-electron chi connectivity index (χ3n) is 2.60. The molecule has 1 aromatic heterocycles. The number of methoxy groups -OCH3 is 1. The zero-order valence-corrected chi connectivity index (χ0v) is 11.8. The normalized spacial score (nSPS) is 10.3. The van der Waals surface area contributed by atoms with E-state index in [1.54, 1.807) is 7.11 Å². The van der Waals surface area contributed by atoms with Gasteiger partial charge in [-0.15, -0.1) is 0 Å². The van der Waals surface area contributed by atoms with Gasteiger partial charge in [0.25, 0.3) is 0 Å². The van der Waals surface area contributed by atoms with E-state index >= 15 is 0 Å². The first-order valence-corrected chi connectivity index (χ1v) is 6.52. The summed E-state index contributed by atoms with van der Waals surface area (Å²) in [5.74, 6) is 0.658. The van der Waals surface area contributed by atoms with Crippen LogP contribution < -0.4 is 15.8 Å². The lowest BCUT2D eigenvalue weighted by Gasteiger charge is -2.06. The number of nitrogen functional groups attached to an aromatic ring is 1. The maximum atomic E-state index is 11.0. The molecule has 0 aliphatic rings. The van der Waals surface area contributed by atoms with Crippen LogP contribution in [0.4, 0.5) is 10.1 Å². The highest BCUT2D eigenvalue weighted by atomic mass is 32.1. The molecule has 0 bridgehead atoms. The Kier molecular flexibility index (Phi) is 3.71. The number of hydrogen-bond donors (Lipinski definition) is 2. The second-order valence-corrected chi connectivity index (χ2v) is 5.13. The number of benzene rings is 1. The van der Waals surface area contributed by atoms with Crippen LogP contribution in [0.3, 0.4) is 0 Å². The van der Waals surface area contributed by atoms with Crippen LogP contribution in [0.2, 0.25) is 0 Å². The number of carbonyl (C=O) groups excluding carboxylic acids is 1. The molecular formula is C13H15N3O2S. The standard InChI is InChI=1S/C13H15N3O2S/c1-7-6-9(4-5-10(7)18-3)11-12(14)19-13(16-11)15-8(2)17/h4-6H,14H2,1-3H3,(H,15,16,17). The molecule has 1 aromatic carbocycles. The van der Waals surface area contributed by atoms with Crippen LogP contribution in [0.1, 0.15) is 12.5 Å². The van der Waals surface area contributed by atoms with E-state index in [0.717, 1.165) is 16.9 Å². The molecule has 0 unspecified atom stereocenters. The second-order valence-electron chi connectivity index (χ2n) is 4.10. The quantitative estimate of drug-likeness (QED) is 0.904. The summed E-state index contributed by atoms with van der Waals surface area (Å²) in [7, 11) is 1.63. The summed E-state index contributed by atoms with van der Waals surface area (Å²) in [5.41, 5.74) is 8.54. The van der Waals surface area contributed by atoms with E-state index in [2.05, 4.69) is 10.3 Å². The molecule has 0 radical (unpaired) electrons. The number of ether oxygens (including phenoxy) is 1. The van der Waals surface area contributed by atoms with Crippen molar-refractivity contribution in [1.29, 1.82) is 0 Å². The fourth-order valence-electron chi connectivity index (χ4n) is 1.77. The topological polar surface area (TPSA) is 77.2 Å². The zero-order chi connectivity index (χ0) is 14.0. The Bertz CT molecular complexity index is 622. The summed E-state index contributed by atoms with van der Waals surface area (Å²) in [6.45, 7) is 3.40. The van der Waals surface area contributed by atoms with E-state index in [0.29, 0.717) is 15.8 Å². The van der Waals surface area contributed by atoms with Gasteiger partial charge in [-0.05, 0) is 30.7 Å². The first-order valence-electron chi connectivity index (χ1n) is 5.70. The highest BCUT2D eigenvalue weighted by Gasteiger charge is 2.12. The minimum absolute atomic E-state index is 0.161. The van der Waals surface area contributed by atoms with Crippen molar-refractivity contribution in [3.05, 3.63) is 23.8 Å². The first kappa shape index (κ1) is 13.4. The van der Waals surface area contributed by atoms with Gasteiger partial charge < -0.3 is 15.8 Å². The molecule has 1 amide bonds. The number of hydrogen-bond acceptors (Lipinski definition) is 5. The average molecular weight is 277 g/mol. The van der Waals surface area contributed by atoms with Crippen LogP contribution in [0.5, 0.6) is 5.75 Å². The molecule has 0 spiro atoms. The van der Waals surface area contributed by atoms with Crippen molar-refractivity contribution in [1.82, 2.24) is 4.98 Å². The molecule has 0 aliphatic carbocycles. The predicted octanol–water partition coefficient (Wildman–Crippen LogP) is 2.67. The molecule has 0 saturated carbocycles. The molecule has 3 N–H and O–H groups in total. The fourth-order valence-corrected chi connectivity index (χ4v) is 2.57. The summed E-state index contributed by atoms with van der Waals surface area (Å²) in [6.07, 6.45) is 0. The van der Waals surface area contributed by atoms with Gasteiger partial charge in [0.15, 0.2) is 5.13 Å². The summed E-state index contributed by atoms with van der Waals surface area (Å²) in [6, 6.07) is 5.73. The smallest absolute Gasteiger partial charge is 0.223 e. The number of rotatable bonds is 3. The van der Waals surface area contributed by atoms with E-state index in [1.165, 1.54) is 18.3 Å². The van der Waals surface area contributed by atoms with Gasteiger partial charge in [0.2, 0.25) is 5.91 Å². The van der Waals surface area contributed by atoms with Crippen LogP contribution in [0.25, 0.3) is 11.3 Å². The maximum Gasteiger partial charge on any atom is 0.223 e. The molecular weight excluding hydrogens is 262 g/mol. The number of aromatic nitrogens is 1. The molecule has 0 atom stereocenters. The van der Waals surface area contributed by atoms with E-state index in [9.17, 15) is 4.79 Å². The Morgan fingerprint density at radius 1 is 1.47 bits per heavy atom. The van der Waals surface area contributed by atoms with Gasteiger partial charge in [0.05, 0.1) is 7.11 Å². The van der Waals surface area contributed by atoms with Gasteiger partial charge in [-0.1, -0.05) is 11.3 Å². The Morgan fingerprint density at radius 3 is 2.79 bits per heavy atom. The molecule has 0 aliphatic heterocycles. The third-order valence-corrected chi connectivity index (χ3v) is 3.40. The van der Waals surface area contributed by atoms with Crippen molar-refractivity contribution in [3.63, 3.8) is 0 Å². The van der Waals surface area contributed by atoms with Crippen molar-refractivity contribution in [2.45, 2.75) is 13.8 Å². The van der Waals surface area contributed by atoms with Crippen molar-refractivity contribution >= 4 is 27.4 Å². The van der Waals surface area contributed by atoms with Gasteiger partial charge in [0.1, 0.15) is 16.4 Å². The molecule has 6 heteroatoms. The number of nitrogens with one attached hydrogen (secondary N) is 1. The minimum Gasteiger partial charge on any atom is -0.496 e. The highest BCUT2D eigenvalue weighted by Crippen LogP contribution is 2.35. The van der Waals surface area contributed by atoms with Gasteiger partial charge in [-0.3, -0.25) is 4.79 Å². The van der Waals surface area contributed by atoms with Gasteiger partial charge in [0, 0.05) is 12.5 Å². The molecule has 0 saturated heterocycles. The molecule has 19 heavy (non-hydrogen) atoms. The number of nitrogens with two attached hydrogens (primary N) is 1. The molecule has 5 nitrogen and oxygen atoms in total. The monoisotopic (exact) mass is 277 g/mol. The fraction of sp³-hybridized carbons (Fsp3) is 0.231.